The molecule has 0 aromatic heterocycles. The van der Waals surface area contributed by atoms with Gasteiger partial charge in [-0.15, -0.1) is 0 Å². The van der Waals surface area contributed by atoms with Crippen LogP contribution >= 0.6 is 34.8 Å². The van der Waals surface area contributed by atoms with Crippen LogP contribution < -0.4 is 23.7 Å². The zero-order valence-corrected chi connectivity index (χ0v) is 37.6. The molecule has 0 radical (unpaired) electrons. The van der Waals surface area contributed by atoms with E-state index in [1.54, 1.807) is 105 Å². The molecule has 6 aromatic carbocycles. The number of hydrogen-bond donors (Lipinski definition) is 4. The highest BCUT2D eigenvalue weighted by atomic mass is 35.5. The number of ether oxygens (including phenoxy) is 5. The number of methoxy groups -OCH3 is 2. The van der Waals surface area contributed by atoms with Gasteiger partial charge in [0.1, 0.15) is 17.2 Å². The lowest BCUT2D eigenvalue weighted by molar-refractivity contribution is -0.140. The van der Waals surface area contributed by atoms with Crippen molar-refractivity contribution in [1.82, 2.24) is 0 Å². The monoisotopic (exact) mass is 968 g/mol. The first-order valence-electron chi connectivity index (χ1n) is 18.6. The topological polar surface area (TPSA) is 229 Å². The Morgan fingerprint density at radius 3 is 1.14 bits per heavy atom. The predicted molar refractivity (Wildman–Crippen MR) is 243 cm³/mol. The first-order chi connectivity index (χ1) is 30.8. The number of sulfone groups is 1. The Kier molecular flexibility index (Phi) is 18.4. The number of aromatic carboxylic acids is 1. The number of halogens is 3. The summed E-state index contributed by atoms with van der Waals surface area (Å²) in [6, 6.07) is 32.3. The average molecular weight is 970 g/mol. The van der Waals surface area contributed by atoms with Crippen LogP contribution in [0.3, 0.4) is 0 Å². The standard InChI is InChI=1S/C16H15ClO5.C15H13ClO5S.C15H11ClO5/c1-20-14-5-3-10(7-15(14)21-2)12-8-11(17)4-6-13(12)22-9-16(18)19;1-22(19,20)12-5-2-10(3-6-12)13-8-11(16)4-7-14(13)21-9-15(17)18;16-11-5-6-13(21-8-14(17)18)12(7-11)9-1-3-10(4-2-9)15(19)20/h3-8H,9H2,1-2H3,(H,18,19);2-8H,9H2,1H3,(H,17,18);1-7H,8H2,(H,17,18)(H,19,20). The molecule has 0 bridgehead atoms. The van der Waals surface area contributed by atoms with E-state index in [9.17, 15) is 27.6 Å². The molecule has 0 saturated heterocycles. The van der Waals surface area contributed by atoms with Crippen molar-refractivity contribution in [2.75, 3.05) is 40.3 Å². The van der Waals surface area contributed by atoms with Crippen molar-refractivity contribution < 1.29 is 71.7 Å². The quantitative estimate of drug-likeness (QED) is 0.0708. The summed E-state index contributed by atoms with van der Waals surface area (Å²) in [5, 5.41) is 36.5. The maximum absolute atomic E-state index is 11.5. The van der Waals surface area contributed by atoms with Gasteiger partial charge in [-0.25, -0.2) is 27.6 Å². The van der Waals surface area contributed by atoms with Gasteiger partial charge in [-0.2, -0.15) is 0 Å². The summed E-state index contributed by atoms with van der Waals surface area (Å²) in [4.78, 5) is 42.9. The van der Waals surface area contributed by atoms with E-state index in [4.69, 9.17) is 78.9 Å². The Morgan fingerprint density at radius 2 is 0.800 bits per heavy atom. The van der Waals surface area contributed by atoms with E-state index in [0.29, 0.717) is 71.6 Å². The van der Waals surface area contributed by atoms with Crippen molar-refractivity contribution in [2.45, 2.75) is 4.90 Å². The minimum atomic E-state index is -3.28. The molecule has 0 amide bonds. The summed E-state index contributed by atoms with van der Waals surface area (Å²) in [6.07, 6.45) is 1.13. The van der Waals surface area contributed by atoms with Crippen LogP contribution in [-0.2, 0) is 24.2 Å². The predicted octanol–water partition coefficient (Wildman–Crippen LogP) is 9.53. The second kappa shape index (κ2) is 23.6. The largest absolute Gasteiger partial charge is 0.493 e. The summed E-state index contributed by atoms with van der Waals surface area (Å²) in [6.45, 7) is -1.38. The number of benzene rings is 6. The highest BCUT2D eigenvalue weighted by molar-refractivity contribution is 7.90. The van der Waals surface area contributed by atoms with E-state index < -0.39 is 53.5 Å². The van der Waals surface area contributed by atoms with E-state index in [2.05, 4.69) is 0 Å². The molecule has 0 saturated carbocycles. The first kappa shape index (κ1) is 50.7. The average Bonchev–Trinajstić information content (AvgIpc) is 3.27. The van der Waals surface area contributed by atoms with Gasteiger partial charge in [-0.3, -0.25) is 0 Å². The third-order valence-corrected chi connectivity index (χ3v) is 10.4. The van der Waals surface area contributed by atoms with E-state index >= 15 is 0 Å². The summed E-state index contributed by atoms with van der Waals surface area (Å²) in [5.41, 5.74) is 4.16. The van der Waals surface area contributed by atoms with Crippen LogP contribution in [0.4, 0.5) is 0 Å². The minimum absolute atomic E-state index is 0.161. The van der Waals surface area contributed by atoms with Crippen molar-refractivity contribution in [1.29, 1.82) is 0 Å². The van der Waals surface area contributed by atoms with Crippen molar-refractivity contribution >= 4 is 68.5 Å². The fraction of sp³-hybridized carbons (Fsp3) is 0.130. The summed E-state index contributed by atoms with van der Waals surface area (Å²) in [5.74, 6) is -1.93. The Hall–Kier alpha value is -6.98. The smallest absolute Gasteiger partial charge is 0.341 e. The molecule has 19 heteroatoms. The van der Waals surface area contributed by atoms with Crippen LogP contribution in [0.15, 0.2) is 126 Å². The van der Waals surface area contributed by atoms with Gasteiger partial charge in [-0.1, -0.05) is 65.1 Å². The van der Waals surface area contributed by atoms with Crippen LogP contribution in [0.25, 0.3) is 33.4 Å². The van der Waals surface area contributed by atoms with Gasteiger partial charge in [0.25, 0.3) is 0 Å². The fourth-order valence-corrected chi connectivity index (χ4v) is 6.80. The van der Waals surface area contributed by atoms with Crippen LogP contribution in [0, 0.1) is 0 Å². The molecule has 0 fully saturated rings. The molecule has 0 aliphatic rings. The highest BCUT2D eigenvalue weighted by Crippen LogP contribution is 2.38. The van der Waals surface area contributed by atoms with Gasteiger partial charge in [0.05, 0.1) is 24.7 Å². The summed E-state index contributed by atoms with van der Waals surface area (Å²) in [7, 11) is -0.180. The molecular weight excluding hydrogens is 931 g/mol. The van der Waals surface area contributed by atoms with Crippen LogP contribution in [0.1, 0.15) is 10.4 Å². The molecule has 0 spiro atoms. The zero-order valence-electron chi connectivity index (χ0n) is 34.5. The highest BCUT2D eigenvalue weighted by Gasteiger charge is 2.15. The Labute approximate surface area is 387 Å². The zero-order chi connectivity index (χ0) is 47.8. The van der Waals surface area contributed by atoms with Gasteiger partial charge < -0.3 is 44.1 Å². The summed E-state index contributed by atoms with van der Waals surface area (Å²) >= 11 is 17.9. The third-order valence-electron chi connectivity index (χ3n) is 8.61. The van der Waals surface area contributed by atoms with Gasteiger partial charge in [0.2, 0.25) is 0 Å². The molecule has 0 aliphatic heterocycles. The number of aliphatic carboxylic acids is 3. The van der Waals surface area contributed by atoms with Crippen molar-refractivity contribution in [3.05, 3.63) is 142 Å². The molecular formula is C46H39Cl3O15S. The molecule has 6 rings (SSSR count). The third kappa shape index (κ3) is 15.4. The second-order valence-electron chi connectivity index (χ2n) is 13.2. The molecule has 0 heterocycles. The number of carboxylic acids is 4. The Bertz CT molecular complexity index is 2760. The Morgan fingerprint density at radius 1 is 0.462 bits per heavy atom. The van der Waals surface area contributed by atoms with E-state index in [1.165, 1.54) is 24.3 Å². The lowest BCUT2D eigenvalue weighted by Gasteiger charge is -2.13. The van der Waals surface area contributed by atoms with Gasteiger partial charge in [-0.05, 0) is 108 Å². The fourth-order valence-electron chi connectivity index (χ4n) is 5.66. The molecule has 0 aliphatic carbocycles. The first-order valence-corrected chi connectivity index (χ1v) is 21.6. The van der Waals surface area contributed by atoms with Crippen LogP contribution in [-0.4, -0.2) is 93.0 Å². The van der Waals surface area contributed by atoms with Gasteiger partial charge in [0, 0.05) is 38.0 Å². The van der Waals surface area contributed by atoms with E-state index in [0.717, 1.165) is 11.8 Å². The molecule has 340 valence electrons. The SMILES string of the molecule is COc1ccc(-c2cc(Cl)ccc2OCC(=O)O)cc1OC.CS(=O)(=O)c1ccc(-c2cc(Cl)ccc2OCC(=O)O)cc1.O=C(O)COc1ccc(Cl)cc1-c1ccc(C(=O)O)cc1. The summed E-state index contributed by atoms with van der Waals surface area (Å²) < 4.78 is 49.2. The molecule has 65 heavy (non-hydrogen) atoms. The normalized spacial score (nSPS) is 10.5. The molecule has 4 N–H and O–H groups in total. The second-order valence-corrected chi connectivity index (χ2v) is 16.5. The Balaban J connectivity index is 0.000000213. The molecule has 0 atom stereocenters. The lowest BCUT2D eigenvalue weighted by Crippen LogP contribution is -2.10. The van der Waals surface area contributed by atoms with Crippen molar-refractivity contribution in [3.8, 4) is 62.1 Å². The number of rotatable bonds is 16. The maximum Gasteiger partial charge on any atom is 0.341 e. The maximum atomic E-state index is 11.5. The number of carboxylic acid groups (broad SMARTS) is 4. The van der Waals surface area contributed by atoms with Crippen molar-refractivity contribution in [2.24, 2.45) is 0 Å². The van der Waals surface area contributed by atoms with Crippen LogP contribution in [0.2, 0.25) is 15.1 Å². The van der Waals surface area contributed by atoms with Gasteiger partial charge >= 0.3 is 23.9 Å². The number of carbonyl (C=O) groups is 4. The lowest BCUT2D eigenvalue weighted by atomic mass is 10.0. The number of hydrogen-bond acceptors (Lipinski definition) is 11. The molecule has 6 aromatic rings. The molecule has 0 unspecified atom stereocenters. The van der Waals surface area contributed by atoms with Gasteiger partial charge in [0.15, 0.2) is 41.2 Å². The van der Waals surface area contributed by atoms with E-state index in [-0.39, 0.29) is 10.5 Å². The molecule has 15 nitrogen and oxygen atoms in total. The minimum Gasteiger partial charge on any atom is -0.493 e. The van der Waals surface area contributed by atoms with Crippen LogP contribution in [0.5, 0.6) is 28.7 Å². The van der Waals surface area contributed by atoms with E-state index in [1.807, 2.05) is 6.07 Å². The van der Waals surface area contributed by atoms with Crippen molar-refractivity contribution in [3.63, 3.8) is 0 Å².